The highest BCUT2D eigenvalue weighted by atomic mass is 15.2. The summed E-state index contributed by atoms with van der Waals surface area (Å²) >= 11 is 0. The molecule has 0 bridgehead atoms. The topological polar surface area (TPSA) is 34.0 Å². The molecule has 1 fully saturated rings. The van der Waals surface area contributed by atoms with Crippen molar-refractivity contribution in [3.8, 4) is 11.4 Å². The number of aryl methyl sites for hydroxylation is 1. The highest BCUT2D eigenvalue weighted by molar-refractivity contribution is 5.60. The smallest absolute Gasteiger partial charge is 0.163 e. The van der Waals surface area contributed by atoms with Gasteiger partial charge in [-0.25, -0.2) is 0 Å². The summed E-state index contributed by atoms with van der Waals surface area (Å²) in [6.45, 7) is 2.37. The predicted molar refractivity (Wildman–Crippen MR) is 67.9 cm³/mol. The molecule has 2 heterocycles. The fourth-order valence-corrected chi connectivity index (χ4v) is 2.34. The highest BCUT2D eigenvalue weighted by Crippen LogP contribution is 2.23. The molecule has 2 aromatic rings. The molecule has 1 saturated heterocycles. The van der Waals surface area contributed by atoms with Crippen molar-refractivity contribution in [3.63, 3.8) is 0 Å². The van der Waals surface area contributed by atoms with Gasteiger partial charge in [0.05, 0.1) is 0 Å². The molecule has 4 nitrogen and oxygen atoms in total. The summed E-state index contributed by atoms with van der Waals surface area (Å²) in [5.74, 6) is 0.915. The molecule has 0 spiro atoms. The molecular formula is C13H16N4. The molecular weight excluding hydrogens is 212 g/mol. The van der Waals surface area contributed by atoms with Crippen LogP contribution in [0.4, 0.5) is 5.69 Å². The zero-order valence-corrected chi connectivity index (χ0v) is 10.0. The third-order valence-electron chi connectivity index (χ3n) is 3.31. The normalized spacial score (nSPS) is 15.5. The van der Waals surface area contributed by atoms with Gasteiger partial charge in [0.15, 0.2) is 5.82 Å². The van der Waals surface area contributed by atoms with Crippen molar-refractivity contribution in [2.75, 3.05) is 18.0 Å². The zero-order valence-electron chi connectivity index (χ0n) is 10.0. The van der Waals surface area contributed by atoms with Crippen LogP contribution in [0.2, 0.25) is 0 Å². The van der Waals surface area contributed by atoms with Crippen molar-refractivity contribution >= 4 is 5.69 Å². The largest absolute Gasteiger partial charge is 0.372 e. The van der Waals surface area contributed by atoms with Gasteiger partial charge in [0.25, 0.3) is 0 Å². The first-order valence-corrected chi connectivity index (χ1v) is 6.04. The number of benzene rings is 1. The lowest BCUT2D eigenvalue weighted by Crippen LogP contribution is -2.17. The summed E-state index contributed by atoms with van der Waals surface area (Å²) in [4.78, 5) is 2.43. The summed E-state index contributed by atoms with van der Waals surface area (Å²) in [5, 5.41) is 8.01. The lowest BCUT2D eigenvalue weighted by atomic mass is 10.2. The van der Waals surface area contributed by atoms with E-state index in [2.05, 4.69) is 39.4 Å². The maximum atomic E-state index is 4.11. The molecule has 1 aliphatic rings. The van der Waals surface area contributed by atoms with E-state index in [9.17, 15) is 0 Å². The molecule has 4 heteroatoms. The van der Waals surface area contributed by atoms with E-state index in [1.807, 2.05) is 11.6 Å². The van der Waals surface area contributed by atoms with Crippen molar-refractivity contribution in [2.45, 2.75) is 12.8 Å². The van der Waals surface area contributed by atoms with Crippen molar-refractivity contribution in [1.82, 2.24) is 14.8 Å². The van der Waals surface area contributed by atoms with Crippen molar-refractivity contribution < 1.29 is 0 Å². The van der Waals surface area contributed by atoms with E-state index in [-0.39, 0.29) is 0 Å². The Balaban J connectivity index is 1.87. The number of rotatable bonds is 2. The van der Waals surface area contributed by atoms with Gasteiger partial charge in [-0.15, -0.1) is 10.2 Å². The minimum Gasteiger partial charge on any atom is -0.372 e. The van der Waals surface area contributed by atoms with E-state index in [0.29, 0.717) is 0 Å². The quantitative estimate of drug-likeness (QED) is 0.789. The maximum absolute atomic E-state index is 4.11. The number of anilines is 1. The van der Waals surface area contributed by atoms with Gasteiger partial charge < -0.3 is 9.47 Å². The second-order valence-electron chi connectivity index (χ2n) is 4.51. The molecule has 17 heavy (non-hydrogen) atoms. The standard InChI is InChI=1S/C13H16N4/c1-16-10-14-15-13(16)11-4-6-12(7-5-11)17-8-2-3-9-17/h4-7,10H,2-3,8-9H2,1H3. The predicted octanol–water partition coefficient (Wildman–Crippen LogP) is 2.08. The van der Waals surface area contributed by atoms with Crippen LogP contribution in [-0.2, 0) is 7.05 Å². The molecule has 3 rings (SSSR count). The third kappa shape index (κ3) is 1.90. The first-order chi connectivity index (χ1) is 8.34. The fourth-order valence-electron chi connectivity index (χ4n) is 2.34. The molecule has 0 saturated carbocycles. The molecule has 0 atom stereocenters. The van der Waals surface area contributed by atoms with Crippen LogP contribution in [0.5, 0.6) is 0 Å². The second kappa shape index (κ2) is 4.20. The van der Waals surface area contributed by atoms with E-state index >= 15 is 0 Å². The van der Waals surface area contributed by atoms with Gasteiger partial charge in [0, 0.05) is 31.4 Å². The van der Waals surface area contributed by atoms with E-state index in [1.165, 1.54) is 31.6 Å². The summed E-state index contributed by atoms with van der Waals surface area (Å²) < 4.78 is 1.94. The van der Waals surface area contributed by atoms with E-state index < -0.39 is 0 Å². The second-order valence-corrected chi connectivity index (χ2v) is 4.51. The number of aromatic nitrogens is 3. The van der Waals surface area contributed by atoms with Gasteiger partial charge in [0.2, 0.25) is 0 Å². The summed E-state index contributed by atoms with van der Waals surface area (Å²) in [7, 11) is 1.96. The number of hydrogen-bond acceptors (Lipinski definition) is 3. The summed E-state index contributed by atoms with van der Waals surface area (Å²) in [5.41, 5.74) is 2.43. The van der Waals surface area contributed by atoms with Crippen LogP contribution < -0.4 is 4.90 Å². The Hall–Kier alpha value is -1.84. The Morgan fingerprint density at radius 3 is 2.35 bits per heavy atom. The average molecular weight is 228 g/mol. The van der Waals surface area contributed by atoms with Crippen LogP contribution in [0.3, 0.4) is 0 Å². The van der Waals surface area contributed by atoms with Gasteiger partial charge in [-0.1, -0.05) is 0 Å². The minimum atomic E-state index is 0.915. The van der Waals surface area contributed by atoms with E-state index in [1.54, 1.807) is 6.33 Å². The molecule has 1 aliphatic heterocycles. The lowest BCUT2D eigenvalue weighted by Gasteiger charge is -2.17. The van der Waals surface area contributed by atoms with Gasteiger partial charge in [0.1, 0.15) is 6.33 Å². The third-order valence-corrected chi connectivity index (χ3v) is 3.31. The van der Waals surface area contributed by atoms with Gasteiger partial charge in [-0.05, 0) is 37.1 Å². The van der Waals surface area contributed by atoms with Crippen LogP contribution in [0.25, 0.3) is 11.4 Å². The van der Waals surface area contributed by atoms with E-state index in [0.717, 1.165) is 11.4 Å². The fraction of sp³-hybridized carbons (Fsp3) is 0.385. The number of hydrogen-bond donors (Lipinski definition) is 0. The van der Waals surface area contributed by atoms with Gasteiger partial charge >= 0.3 is 0 Å². The monoisotopic (exact) mass is 228 g/mol. The molecule has 1 aromatic carbocycles. The first-order valence-electron chi connectivity index (χ1n) is 6.04. The molecule has 0 aliphatic carbocycles. The highest BCUT2D eigenvalue weighted by Gasteiger charge is 2.12. The van der Waals surface area contributed by atoms with Crippen LogP contribution in [0.1, 0.15) is 12.8 Å². The molecule has 88 valence electrons. The summed E-state index contributed by atoms with van der Waals surface area (Å²) in [6.07, 6.45) is 4.35. The molecule has 0 radical (unpaired) electrons. The Bertz CT molecular complexity index is 494. The van der Waals surface area contributed by atoms with Crippen molar-refractivity contribution in [3.05, 3.63) is 30.6 Å². The summed E-state index contributed by atoms with van der Waals surface area (Å²) in [6, 6.07) is 8.60. The SMILES string of the molecule is Cn1cnnc1-c1ccc(N2CCCC2)cc1. The average Bonchev–Trinajstić information content (AvgIpc) is 3.00. The Morgan fingerprint density at radius 2 is 1.76 bits per heavy atom. The Morgan fingerprint density at radius 1 is 1.06 bits per heavy atom. The molecule has 0 amide bonds. The maximum Gasteiger partial charge on any atom is 0.163 e. The van der Waals surface area contributed by atoms with Gasteiger partial charge in [-0.2, -0.15) is 0 Å². The minimum absolute atomic E-state index is 0.915. The number of nitrogens with zero attached hydrogens (tertiary/aromatic N) is 4. The van der Waals surface area contributed by atoms with Crippen molar-refractivity contribution in [1.29, 1.82) is 0 Å². The van der Waals surface area contributed by atoms with Crippen LogP contribution in [0.15, 0.2) is 30.6 Å². The molecule has 0 N–H and O–H groups in total. The Kier molecular flexibility index (Phi) is 2.55. The first kappa shape index (κ1) is 10.3. The lowest BCUT2D eigenvalue weighted by molar-refractivity contribution is 0.919. The van der Waals surface area contributed by atoms with Crippen LogP contribution in [0, 0.1) is 0 Å². The van der Waals surface area contributed by atoms with Crippen molar-refractivity contribution in [2.24, 2.45) is 7.05 Å². The Labute approximate surface area is 101 Å². The zero-order chi connectivity index (χ0) is 11.7. The van der Waals surface area contributed by atoms with Gasteiger partial charge in [-0.3, -0.25) is 0 Å². The van der Waals surface area contributed by atoms with E-state index in [4.69, 9.17) is 0 Å². The van der Waals surface area contributed by atoms with Crippen LogP contribution >= 0.6 is 0 Å². The van der Waals surface area contributed by atoms with Crippen LogP contribution in [-0.4, -0.2) is 27.9 Å². The molecule has 1 aromatic heterocycles. The molecule has 0 unspecified atom stereocenters.